The van der Waals surface area contributed by atoms with Crippen molar-refractivity contribution in [1.82, 2.24) is 8.97 Å². The highest BCUT2D eigenvalue weighted by atomic mass is 15.0. The van der Waals surface area contributed by atoms with Gasteiger partial charge in [0.15, 0.2) is 0 Å². The average molecular weight is 406 g/mol. The number of hydrogen-bond acceptors (Lipinski definition) is 0. The Balaban J connectivity index is 1.83. The number of rotatable bonds is 1. The Morgan fingerprint density at radius 3 is 1.75 bits per heavy atom. The number of benzene rings is 5. The van der Waals surface area contributed by atoms with Gasteiger partial charge in [0.2, 0.25) is 0 Å². The van der Waals surface area contributed by atoms with Gasteiger partial charge in [-0.1, -0.05) is 72.8 Å². The lowest BCUT2D eigenvalue weighted by atomic mass is 10.0. The Labute approximate surface area is 183 Å². The predicted octanol–water partition coefficient (Wildman–Crippen LogP) is 7.93. The molecule has 2 heteroatoms. The van der Waals surface area contributed by atoms with Crippen LogP contribution in [0.5, 0.6) is 0 Å². The zero-order chi connectivity index (χ0) is 20.8. The van der Waals surface area contributed by atoms with Gasteiger partial charge in [-0.2, -0.15) is 0 Å². The van der Waals surface area contributed by atoms with E-state index in [0.29, 0.717) is 0 Å². The molecule has 0 radical (unpaired) electrons. The van der Waals surface area contributed by atoms with E-state index in [9.17, 15) is 0 Å². The maximum atomic E-state index is 2.48. The molecule has 8 rings (SSSR count). The van der Waals surface area contributed by atoms with Crippen LogP contribution >= 0.6 is 0 Å². The van der Waals surface area contributed by atoms with Crippen LogP contribution in [0.4, 0.5) is 0 Å². The van der Waals surface area contributed by atoms with Gasteiger partial charge in [0, 0.05) is 32.6 Å². The van der Waals surface area contributed by atoms with Gasteiger partial charge in [-0.15, -0.1) is 0 Å². The maximum Gasteiger partial charge on any atom is 0.0641 e. The summed E-state index contributed by atoms with van der Waals surface area (Å²) >= 11 is 0. The van der Waals surface area contributed by atoms with Gasteiger partial charge >= 0.3 is 0 Å². The number of fused-ring (bicyclic) bond motifs is 6. The average Bonchev–Trinajstić information content (AvgIpc) is 3.33. The normalized spacial score (nSPS) is 12.4. The van der Waals surface area contributed by atoms with Gasteiger partial charge < -0.3 is 8.97 Å². The van der Waals surface area contributed by atoms with Crippen molar-refractivity contribution in [2.24, 2.45) is 0 Å². The Bertz CT molecular complexity index is 1970. The Hall–Kier alpha value is -4.30. The summed E-state index contributed by atoms with van der Waals surface area (Å²) in [5.74, 6) is 0. The van der Waals surface area contributed by atoms with Crippen LogP contribution in [0.1, 0.15) is 0 Å². The molecule has 0 saturated heterocycles. The van der Waals surface area contributed by atoms with Crippen molar-refractivity contribution in [3.05, 3.63) is 109 Å². The molecule has 0 saturated carbocycles. The van der Waals surface area contributed by atoms with Crippen molar-refractivity contribution in [3.63, 3.8) is 0 Å². The van der Waals surface area contributed by atoms with E-state index in [2.05, 4.69) is 118 Å². The summed E-state index contributed by atoms with van der Waals surface area (Å²) in [6, 6.07) is 39.7. The highest BCUT2D eigenvalue weighted by Gasteiger charge is 2.22. The molecular formula is C30H18N2. The van der Waals surface area contributed by atoms with Gasteiger partial charge in [0.1, 0.15) is 0 Å². The SMILES string of the molecule is c1ccc(-n2c3cccc4c5ccccc5n5c6ccccc6c6ccc2c(c43)c65)cc1. The van der Waals surface area contributed by atoms with Crippen LogP contribution in [0.3, 0.4) is 0 Å². The molecule has 0 aliphatic heterocycles. The molecule has 0 bridgehead atoms. The van der Waals surface area contributed by atoms with Gasteiger partial charge in [0.05, 0.1) is 27.6 Å². The highest BCUT2D eigenvalue weighted by Crippen LogP contribution is 2.44. The van der Waals surface area contributed by atoms with E-state index in [0.717, 1.165) is 0 Å². The molecular weight excluding hydrogens is 388 g/mol. The monoisotopic (exact) mass is 406 g/mol. The van der Waals surface area contributed by atoms with Crippen molar-refractivity contribution in [3.8, 4) is 5.69 Å². The first-order chi connectivity index (χ1) is 15.9. The van der Waals surface area contributed by atoms with Crippen molar-refractivity contribution in [2.45, 2.75) is 0 Å². The van der Waals surface area contributed by atoms with Crippen molar-refractivity contribution in [2.75, 3.05) is 0 Å². The molecule has 0 spiro atoms. The molecule has 0 fully saturated rings. The summed E-state index contributed by atoms with van der Waals surface area (Å²) in [7, 11) is 0. The molecule has 0 aliphatic rings. The molecule has 0 aliphatic carbocycles. The molecule has 148 valence electrons. The lowest BCUT2D eigenvalue weighted by Crippen LogP contribution is -1.93. The molecule has 0 unspecified atom stereocenters. The topological polar surface area (TPSA) is 9.34 Å². The number of hydrogen-bond donors (Lipinski definition) is 0. The van der Waals surface area contributed by atoms with E-state index in [-0.39, 0.29) is 0 Å². The molecule has 32 heavy (non-hydrogen) atoms. The lowest BCUT2D eigenvalue weighted by molar-refractivity contribution is 1.18. The van der Waals surface area contributed by atoms with Crippen LogP contribution in [-0.2, 0) is 0 Å². The number of aromatic nitrogens is 2. The fraction of sp³-hybridized carbons (Fsp3) is 0. The van der Waals surface area contributed by atoms with Gasteiger partial charge in [-0.05, 0) is 41.8 Å². The fourth-order valence-corrected chi connectivity index (χ4v) is 5.83. The first-order valence-corrected chi connectivity index (χ1v) is 11.1. The molecule has 3 heterocycles. The second-order valence-corrected chi connectivity index (χ2v) is 8.60. The third-order valence-corrected chi connectivity index (χ3v) is 7.04. The first-order valence-electron chi connectivity index (χ1n) is 11.1. The summed E-state index contributed by atoms with van der Waals surface area (Å²) in [4.78, 5) is 0. The molecule has 0 atom stereocenters. The Morgan fingerprint density at radius 2 is 0.969 bits per heavy atom. The standard InChI is InChI=1S/C30H18N2/c1-2-9-19(10-3-1)31-26-16-8-13-22-20-11-4-6-14-24(20)32-25-15-7-5-12-21(25)23-17-18-27(31)29(28(22)26)30(23)32/h1-18H. The van der Waals surface area contributed by atoms with Gasteiger partial charge in [-0.3, -0.25) is 0 Å². The summed E-state index contributed by atoms with van der Waals surface area (Å²) in [5.41, 5.74) is 7.52. The van der Waals surface area contributed by atoms with Crippen LogP contribution in [0.2, 0.25) is 0 Å². The number of para-hydroxylation sites is 3. The smallest absolute Gasteiger partial charge is 0.0641 e. The van der Waals surface area contributed by atoms with E-state index in [1.165, 1.54) is 65.6 Å². The molecule has 8 aromatic rings. The van der Waals surface area contributed by atoms with E-state index in [1.807, 2.05) is 0 Å². The lowest BCUT2D eigenvalue weighted by Gasteiger charge is -2.08. The molecule has 5 aromatic carbocycles. The minimum absolute atomic E-state index is 1.19. The molecule has 0 amide bonds. The van der Waals surface area contributed by atoms with Gasteiger partial charge in [0.25, 0.3) is 0 Å². The van der Waals surface area contributed by atoms with Crippen molar-refractivity contribution < 1.29 is 0 Å². The zero-order valence-corrected chi connectivity index (χ0v) is 17.3. The highest BCUT2D eigenvalue weighted by molar-refractivity contribution is 6.33. The largest absolute Gasteiger partial charge is 0.309 e. The summed E-state index contributed by atoms with van der Waals surface area (Å²) < 4.78 is 4.90. The van der Waals surface area contributed by atoms with Crippen LogP contribution in [0.15, 0.2) is 109 Å². The second kappa shape index (κ2) is 5.68. The van der Waals surface area contributed by atoms with Crippen LogP contribution < -0.4 is 0 Å². The zero-order valence-electron chi connectivity index (χ0n) is 17.3. The Morgan fingerprint density at radius 1 is 0.375 bits per heavy atom. The van der Waals surface area contributed by atoms with Gasteiger partial charge in [-0.25, -0.2) is 0 Å². The van der Waals surface area contributed by atoms with E-state index in [1.54, 1.807) is 0 Å². The fourth-order valence-electron chi connectivity index (χ4n) is 5.83. The summed E-state index contributed by atoms with van der Waals surface area (Å²) in [6.07, 6.45) is 0. The summed E-state index contributed by atoms with van der Waals surface area (Å²) in [6.45, 7) is 0. The Kier molecular flexibility index (Phi) is 2.91. The third kappa shape index (κ3) is 1.82. The quantitative estimate of drug-likeness (QED) is 0.262. The van der Waals surface area contributed by atoms with E-state index in [4.69, 9.17) is 0 Å². The van der Waals surface area contributed by atoms with Crippen LogP contribution in [0, 0.1) is 0 Å². The number of nitrogens with zero attached hydrogens (tertiary/aromatic N) is 2. The first kappa shape index (κ1) is 16.4. The molecule has 0 N–H and O–H groups in total. The molecule has 2 nitrogen and oxygen atoms in total. The predicted molar refractivity (Wildman–Crippen MR) is 135 cm³/mol. The van der Waals surface area contributed by atoms with Crippen LogP contribution in [-0.4, -0.2) is 8.97 Å². The van der Waals surface area contributed by atoms with Crippen LogP contribution in [0.25, 0.3) is 65.6 Å². The second-order valence-electron chi connectivity index (χ2n) is 8.60. The van der Waals surface area contributed by atoms with E-state index < -0.39 is 0 Å². The van der Waals surface area contributed by atoms with Crippen molar-refractivity contribution >= 4 is 59.9 Å². The third-order valence-electron chi connectivity index (χ3n) is 7.04. The maximum absolute atomic E-state index is 2.48. The minimum atomic E-state index is 1.19. The van der Waals surface area contributed by atoms with Crippen molar-refractivity contribution in [1.29, 1.82) is 0 Å². The minimum Gasteiger partial charge on any atom is -0.309 e. The van der Waals surface area contributed by atoms with E-state index >= 15 is 0 Å². The molecule has 3 aromatic heterocycles. The summed E-state index contributed by atoms with van der Waals surface area (Å²) in [5, 5.41) is 7.88.